The van der Waals surface area contributed by atoms with E-state index >= 15 is 0 Å². The fourth-order valence-electron chi connectivity index (χ4n) is 1.53. The summed E-state index contributed by atoms with van der Waals surface area (Å²) < 4.78 is 3.78. The number of amidine groups is 1. The van der Waals surface area contributed by atoms with E-state index in [0.29, 0.717) is 16.1 Å². The topological polar surface area (TPSA) is 142 Å². The van der Waals surface area contributed by atoms with E-state index in [1.807, 2.05) is 13.8 Å². The maximum absolute atomic E-state index is 12.2. The average molecular weight is 295 g/mol. The minimum absolute atomic E-state index is 0.0832. The Morgan fingerprint density at radius 3 is 3.00 bits per heavy atom. The van der Waals surface area contributed by atoms with Crippen molar-refractivity contribution in [1.82, 2.24) is 19.8 Å². The van der Waals surface area contributed by atoms with Gasteiger partial charge in [-0.05, 0) is 17.5 Å². The van der Waals surface area contributed by atoms with Crippen LogP contribution in [0.2, 0.25) is 0 Å². The first kappa shape index (κ1) is 13.9. The molecule has 1 amide bonds. The number of anilines is 1. The SMILES string of the molecule is CC(C)c1nnsc1C(=O)Nc1[nH]ncc1C(N)=NO. The molecule has 20 heavy (non-hydrogen) atoms. The normalized spacial score (nSPS) is 11.8. The first-order valence-corrected chi connectivity index (χ1v) is 6.46. The van der Waals surface area contributed by atoms with Gasteiger partial charge in [-0.15, -0.1) is 5.10 Å². The molecule has 0 aliphatic rings. The van der Waals surface area contributed by atoms with Crippen molar-refractivity contribution in [3.63, 3.8) is 0 Å². The van der Waals surface area contributed by atoms with E-state index < -0.39 is 0 Å². The van der Waals surface area contributed by atoms with Gasteiger partial charge in [-0.25, -0.2) is 0 Å². The molecule has 2 aromatic rings. The van der Waals surface area contributed by atoms with E-state index in [0.717, 1.165) is 11.5 Å². The summed E-state index contributed by atoms with van der Waals surface area (Å²) in [6.07, 6.45) is 1.35. The van der Waals surface area contributed by atoms with Gasteiger partial charge in [0.05, 0.1) is 17.5 Å². The predicted molar refractivity (Wildman–Crippen MR) is 73.0 cm³/mol. The number of nitrogens with two attached hydrogens (primary N) is 1. The lowest BCUT2D eigenvalue weighted by atomic mass is 10.1. The maximum Gasteiger partial charge on any atom is 0.270 e. The third-order valence-corrected chi connectivity index (χ3v) is 3.27. The van der Waals surface area contributed by atoms with Gasteiger partial charge in [0.25, 0.3) is 5.91 Å². The van der Waals surface area contributed by atoms with Crippen molar-refractivity contribution in [3.8, 4) is 0 Å². The quantitative estimate of drug-likeness (QED) is 0.283. The van der Waals surface area contributed by atoms with Gasteiger partial charge in [-0.1, -0.05) is 23.5 Å². The Labute approximate surface area is 118 Å². The van der Waals surface area contributed by atoms with Gasteiger partial charge in [0.15, 0.2) is 5.84 Å². The van der Waals surface area contributed by atoms with Crippen LogP contribution in [0.3, 0.4) is 0 Å². The average Bonchev–Trinajstić information content (AvgIpc) is 3.06. The Morgan fingerprint density at radius 2 is 2.35 bits per heavy atom. The van der Waals surface area contributed by atoms with Crippen molar-refractivity contribution in [2.45, 2.75) is 19.8 Å². The zero-order valence-corrected chi connectivity index (χ0v) is 11.6. The first-order chi connectivity index (χ1) is 9.54. The molecule has 0 saturated carbocycles. The first-order valence-electron chi connectivity index (χ1n) is 5.69. The van der Waals surface area contributed by atoms with Crippen LogP contribution in [0.25, 0.3) is 0 Å². The van der Waals surface area contributed by atoms with Crippen LogP contribution < -0.4 is 11.1 Å². The highest BCUT2D eigenvalue weighted by Gasteiger charge is 2.20. The third kappa shape index (κ3) is 2.59. The van der Waals surface area contributed by atoms with Crippen molar-refractivity contribution in [3.05, 3.63) is 22.3 Å². The highest BCUT2D eigenvalue weighted by molar-refractivity contribution is 7.08. The predicted octanol–water partition coefficient (Wildman–Crippen LogP) is 0.731. The molecule has 0 bridgehead atoms. The molecule has 0 spiro atoms. The van der Waals surface area contributed by atoms with Crippen molar-refractivity contribution in [2.75, 3.05) is 5.32 Å². The third-order valence-electron chi connectivity index (χ3n) is 2.53. The molecule has 2 heterocycles. The highest BCUT2D eigenvalue weighted by atomic mass is 32.1. The van der Waals surface area contributed by atoms with Gasteiger partial charge in [-0.2, -0.15) is 5.10 Å². The van der Waals surface area contributed by atoms with Gasteiger partial charge in [0, 0.05) is 0 Å². The number of rotatable bonds is 4. The zero-order chi connectivity index (χ0) is 14.7. The highest BCUT2D eigenvalue weighted by Crippen LogP contribution is 2.21. The standard InChI is InChI=1S/C10H13N7O2S/c1-4(2)6-7(20-17-14-6)10(18)13-9-5(3-12-15-9)8(11)16-19/h3-4,19H,1-2H3,(H2,11,16)(H2,12,13,15,18). The molecule has 2 rings (SSSR count). The van der Waals surface area contributed by atoms with E-state index in [9.17, 15) is 4.79 Å². The minimum atomic E-state index is -0.375. The van der Waals surface area contributed by atoms with Gasteiger partial charge in [-0.3, -0.25) is 9.89 Å². The summed E-state index contributed by atoms with van der Waals surface area (Å²) in [5, 5.41) is 24.4. The Morgan fingerprint density at radius 1 is 1.60 bits per heavy atom. The second-order valence-electron chi connectivity index (χ2n) is 4.24. The van der Waals surface area contributed by atoms with Crippen LogP contribution in [0.15, 0.2) is 11.4 Å². The summed E-state index contributed by atoms with van der Waals surface area (Å²) in [7, 11) is 0. The largest absolute Gasteiger partial charge is 0.409 e. The molecule has 5 N–H and O–H groups in total. The number of aromatic amines is 1. The number of hydrogen-bond donors (Lipinski definition) is 4. The molecule has 10 heteroatoms. The van der Waals surface area contributed by atoms with Crippen LogP contribution in [0.5, 0.6) is 0 Å². The molecule has 0 aliphatic carbocycles. The second kappa shape index (κ2) is 5.65. The summed E-state index contributed by atoms with van der Waals surface area (Å²) in [6, 6.07) is 0. The van der Waals surface area contributed by atoms with E-state index in [1.54, 1.807) is 0 Å². The summed E-state index contributed by atoms with van der Waals surface area (Å²) in [5.41, 5.74) is 6.40. The number of carbonyl (C=O) groups excluding carboxylic acids is 1. The molecule has 0 radical (unpaired) electrons. The number of carbonyl (C=O) groups is 1. The van der Waals surface area contributed by atoms with Crippen molar-refractivity contribution in [2.24, 2.45) is 10.9 Å². The Balaban J connectivity index is 2.25. The molecular weight excluding hydrogens is 282 g/mol. The Kier molecular flexibility index (Phi) is 3.94. The fourth-order valence-corrected chi connectivity index (χ4v) is 2.25. The molecule has 0 aliphatic heterocycles. The molecule has 0 fully saturated rings. The number of aromatic nitrogens is 4. The van der Waals surface area contributed by atoms with Crippen molar-refractivity contribution in [1.29, 1.82) is 0 Å². The number of amides is 1. The summed E-state index contributed by atoms with van der Waals surface area (Å²) in [5.74, 6) is -0.200. The summed E-state index contributed by atoms with van der Waals surface area (Å²) in [4.78, 5) is 12.6. The summed E-state index contributed by atoms with van der Waals surface area (Å²) in [6.45, 7) is 3.84. The number of nitrogens with zero attached hydrogens (tertiary/aromatic N) is 4. The van der Waals surface area contributed by atoms with Crippen LogP contribution >= 0.6 is 11.5 Å². The van der Waals surface area contributed by atoms with Crippen LogP contribution in [-0.2, 0) is 0 Å². The molecule has 0 atom stereocenters. The fraction of sp³-hybridized carbons (Fsp3) is 0.300. The van der Waals surface area contributed by atoms with Gasteiger partial charge in [0.2, 0.25) is 0 Å². The van der Waals surface area contributed by atoms with E-state index in [-0.39, 0.29) is 23.5 Å². The van der Waals surface area contributed by atoms with Crippen LogP contribution in [0.1, 0.15) is 40.7 Å². The number of oxime groups is 1. The zero-order valence-electron chi connectivity index (χ0n) is 10.8. The van der Waals surface area contributed by atoms with Gasteiger partial charge >= 0.3 is 0 Å². The number of hydrogen-bond acceptors (Lipinski definition) is 7. The lowest BCUT2D eigenvalue weighted by Crippen LogP contribution is -2.18. The van der Waals surface area contributed by atoms with Crippen LogP contribution in [-0.4, -0.2) is 36.7 Å². The lowest BCUT2D eigenvalue weighted by molar-refractivity contribution is 0.102. The Bertz CT molecular complexity index is 646. The molecule has 106 valence electrons. The Hall–Kier alpha value is -2.49. The minimum Gasteiger partial charge on any atom is -0.409 e. The molecule has 0 saturated heterocycles. The summed E-state index contributed by atoms with van der Waals surface area (Å²) >= 11 is 1.01. The number of nitrogens with one attached hydrogen (secondary N) is 2. The van der Waals surface area contributed by atoms with Gasteiger partial charge < -0.3 is 16.3 Å². The molecular formula is C10H13N7O2S. The smallest absolute Gasteiger partial charge is 0.270 e. The van der Waals surface area contributed by atoms with E-state index in [1.165, 1.54) is 6.20 Å². The van der Waals surface area contributed by atoms with Crippen LogP contribution in [0, 0.1) is 0 Å². The molecule has 2 aromatic heterocycles. The maximum atomic E-state index is 12.2. The molecule has 0 unspecified atom stereocenters. The second-order valence-corrected chi connectivity index (χ2v) is 4.99. The van der Waals surface area contributed by atoms with Crippen molar-refractivity contribution >= 4 is 29.1 Å². The number of H-pyrrole nitrogens is 1. The monoisotopic (exact) mass is 295 g/mol. The van der Waals surface area contributed by atoms with E-state index in [2.05, 4.69) is 30.3 Å². The van der Waals surface area contributed by atoms with E-state index in [4.69, 9.17) is 10.9 Å². The van der Waals surface area contributed by atoms with Gasteiger partial charge in [0.1, 0.15) is 10.7 Å². The van der Waals surface area contributed by atoms with Crippen molar-refractivity contribution < 1.29 is 10.0 Å². The molecule has 9 nitrogen and oxygen atoms in total. The molecule has 0 aromatic carbocycles. The van der Waals surface area contributed by atoms with Crippen LogP contribution in [0.4, 0.5) is 5.82 Å². The lowest BCUT2D eigenvalue weighted by Gasteiger charge is -2.05.